The van der Waals surface area contributed by atoms with Crippen LogP contribution < -0.4 is 0 Å². The van der Waals surface area contributed by atoms with Crippen LogP contribution >= 0.6 is 0 Å². The van der Waals surface area contributed by atoms with Crippen molar-refractivity contribution in [1.82, 2.24) is 4.90 Å². The first-order valence-electron chi connectivity index (χ1n) is 7.29. The molecule has 2 atom stereocenters. The highest BCUT2D eigenvalue weighted by molar-refractivity contribution is 5.71. The molecule has 1 N–H and O–H groups in total. The van der Waals surface area contributed by atoms with E-state index >= 15 is 0 Å². The third kappa shape index (κ3) is 2.55. The average Bonchev–Trinajstić information content (AvgIpc) is 2.75. The Kier molecular flexibility index (Phi) is 3.36. The van der Waals surface area contributed by atoms with Crippen LogP contribution in [0.25, 0.3) is 5.57 Å². The maximum atomic E-state index is 9.73. The fourth-order valence-electron chi connectivity index (χ4n) is 3.81. The van der Waals surface area contributed by atoms with E-state index in [0.717, 1.165) is 18.4 Å². The van der Waals surface area contributed by atoms with Gasteiger partial charge in [-0.3, -0.25) is 0 Å². The van der Waals surface area contributed by atoms with Crippen molar-refractivity contribution in [3.05, 3.63) is 35.4 Å². The van der Waals surface area contributed by atoms with Crippen molar-refractivity contribution in [3.63, 3.8) is 0 Å². The van der Waals surface area contributed by atoms with E-state index in [9.17, 15) is 5.11 Å². The molecule has 1 saturated carbocycles. The highest BCUT2D eigenvalue weighted by Crippen LogP contribution is 2.48. The van der Waals surface area contributed by atoms with Gasteiger partial charge in [0.15, 0.2) is 0 Å². The fourth-order valence-corrected chi connectivity index (χ4v) is 3.81. The predicted molar refractivity (Wildman–Crippen MR) is 79.0 cm³/mol. The molecule has 19 heavy (non-hydrogen) atoms. The van der Waals surface area contributed by atoms with E-state index in [-0.39, 0.29) is 0 Å². The van der Waals surface area contributed by atoms with Crippen LogP contribution in [0.15, 0.2) is 29.8 Å². The largest absolute Gasteiger partial charge is 0.508 e. The van der Waals surface area contributed by atoms with Gasteiger partial charge >= 0.3 is 0 Å². The second-order valence-electron chi connectivity index (χ2n) is 6.37. The first kappa shape index (κ1) is 12.7. The molecule has 0 saturated heterocycles. The smallest absolute Gasteiger partial charge is 0.116 e. The summed E-state index contributed by atoms with van der Waals surface area (Å²) in [7, 11) is 4.29. The summed E-state index contributed by atoms with van der Waals surface area (Å²) >= 11 is 0. The van der Waals surface area contributed by atoms with E-state index in [1.54, 1.807) is 11.6 Å². The molecule has 2 aliphatic rings. The Balaban J connectivity index is 2.02. The van der Waals surface area contributed by atoms with Gasteiger partial charge in [0.1, 0.15) is 5.75 Å². The Morgan fingerprint density at radius 1 is 1.26 bits per heavy atom. The van der Waals surface area contributed by atoms with E-state index < -0.39 is 0 Å². The van der Waals surface area contributed by atoms with Crippen molar-refractivity contribution < 1.29 is 5.11 Å². The number of phenols is 1. The second-order valence-corrected chi connectivity index (χ2v) is 6.37. The Bertz CT molecular complexity index is 504. The summed E-state index contributed by atoms with van der Waals surface area (Å²) in [5.41, 5.74) is 4.35. The van der Waals surface area contributed by atoms with Crippen molar-refractivity contribution in [2.45, 2.75) is 25.7 Å². The van der Waals surface area contributed by atoms with Crippen molar-refractivity contribution in [2.24, 2.45) is 11.8 Å². The molecule has 0 aromatic heterocycles. The first-order chi connectivity index (χ1) is 9.13. The number of rotatable bonds is 3. The second kappa shape index (κ2) is 5.01. The fraction of sp³-hybridized carbons (Fsp3) is 0.529. The quantitative estimate of drug-likeness (QED) is 0.895. The average molecular weight is 257 g/mol. The van der Waals surface area contributed by atoms with Crippen molar-refractivity contribution in [3.8, 4) is 5.75 Å². The molecule has 1 aromatic rings. The Morgan fingerprint density at radius 2 is 2.11 bits per heavy atom. The summed E-state index contributed by atoms with van der Waals surface area (Å²) in [5, 5.41) is 9.73. The van der Waals surface area contributed by atoms with E-state index in [2.05, 4.69) is 25.1 Å². The van der Waals surface area contributed by atoms with Gasteiger partial charge in [0.2, 0.25) is 0 Å². The number of nitrogens with zero attached hydrogens (tertiary/aromatic N) is 1. The molecule has 0 amide bonds. The lowest BCUT2D eigenvalue weighted by Gasteiger charge is -2.29. The van der Waals surface area contributed by atoms with Gasteiger partial charge in [0, 0.05) is 6.54 Å². The Morgan fingerprint density at radius 3 is 2.84 bits per heavy atom. The van der Waals surface area contributed by atoms with Crippen molar-refractivity contribution in [1.29, 1.82) is 0 Å². The summed E-state index contributed by atoms with van der Waals surface area (Å²) in [4.78, 5) is 2.27. The zero-order chi connectivity index (χ0) is 13.4. The molecular weight excluding hydrogens is 234 g/mol. The van der Waals surface area contributed by atoms with Crippen LogP contribution in [0.3, 0.4) is 0 Å². The van der Waals surface area contributed by atoms with Gasteiger partial charge in [-0.15, -0.1) is 0 Å². The third-order valence-electron chi connectivity index (χ3n) is 4.60. The predicted octanol–water partition coefficient (Wildman–Crippen LogP) is 3.53. The topological polar surface area (TPSA) is 23.5 Å². The van der Waals surface area contributed by atoms with Crippen LogP contribution in [0, 0.1) is 11.8 Å². The minimum absolute atomic E-state index is 0.382. The molecule has 102 valence electrons. The summed E-state index contributed by atoms with van der Waals surface area (Å²) in [6.45, 7) is 1.06. The SMILES string of the molecule is CN(C)CC1=C(c2cccc(O)c2)C[C@H]2CC[C@H]1C2. The molecule has 2 heteroatoms. The number of phenolic OH excluding ortho intramolecular Hbond substituents is 1. The maximum absolute atomic E-state index is 9.73. The number of hydrogen-bond donors (Lipinski definition) is 1. The van der Waals surface area contributed by atoms with Crippen molar-refractivity contribution in [2.75, 3.05) is 20.6 Å². The molecule has 0 heterocycles. The molecule has 1 fully saturated rings. The van der Waals surface area contributed by atoms with Gasteiger partial charge in [-0.05, 0) is 80.5 Å². The molecular formula is C17H23NO. The zero-order valence-electron chi connectivity index (χ0n) is 11.9. The van der Waals surface area contributed by atoms with Crippen LogP contribution in [0.1, 0.15) is 31.2 Å². The molecule has 0 unspecified atom stereocenters. The normalized spacial score (nSPS) is 26.3. The molecule has 2 nitrogen and oxygen atoms in total. The minimum atomic E-state index is 0.382. The van der Waals surface area contributed by atoms with Crippen LogP contribution in [-0.4, -0.2) is 30.6 Å². The highest BCUT2D eigenvalue weighted by Gasteiger charge is 2.34. The first-order valence-corrected chi connectivity index (χ1v) is 7.29. The lowest BCUT2D eigenvalue weighted by Crippen LogP contribution is -2.22. The third-order valence-corrected chi connectivity index (χ3v) is 4.60. The molecule has 0 aliphatic heterocycles. The molecule has 0 radical (unpaired) electrons. The van der Waals surface area contributed by atoms with Crippen LogP contribution in [0.2, 0.25) is 0 Å². The number of likely N-dealkylation sites (N-methyl/N-ethyl adjacent to an activating group) is 1. The Labute approximate surface area is 115 Å². The minimum Gasteiger partial charge on any atom is -0.508 e. The molecule has 2 bridgehead atoms. The maximum Gasteiger partial charge on any atom is 0.116 e. The summed E-state index contributed by atoms with van der Waals surface area (Å²) < 4.78 is 0. The van der Waals surface area contributed by atoms with Gasteiger partial charge in [-0.1, -0.05) is 12.1 Å². The number of benzene rings is 1. The summed E-state index contributed by atoms with van der Waals surface area (Å²) in [5.74, 6) is 2.03. The number of aromatic hydroxyl groups is 1. The van der Waals surface area contributed by atoms with Gasteiger partial charge in [0.05, 0.1) is 0 Å². The highest BCUT2D eigenvalue weighted by atomic mass is 16.3. The van der Waals surface area contributed by atoms with Crippen molar-refractivity contribution >= 4 is 5.57 Å². The van der Waals surface area contributed by atoms with E-state index in [1.807, 2.05) is 12.1 Å². The van der Waals surface area contributed by atoms with E-state index in [1.165, 1.54) is 36.8 Å². The van der Waals surface area contributed by atoms with Crippen LogP contribution in [0.4, 0.5) is 0 Å². The van der Waals surface area contributed by atoms with Gasteiger partial charge in [-0.2, -0.15) is 0 Å². The monoisotopic (exact) mass is 257 g/mol. The van der Waals surface area contributed by atoms with Gasteiger partial charge < -0.3 is 10.0 Å². The van der Waals surface area contributed by atoms with E-state index in [0.29, 0.717) is 5.75 Å². The Hall–Kier alpha value is -1.28. The zero-order valence-corrected chi connectivity index (χ0v) is 11.9. The number of allylic oxidation sites excluding steroid dienone is 1. The molecule has 3 rings (SSSR count). The molecule has 2 aliphatic carbocycles. The summed E-state index contributed by atoms with van der Waals surface area (Å²) in [6.07, 6.45) is 5.31. The van der Waals surface area contributed by atoms with Gasteiger partial charge in [0.25, 0.3) is 0 Å². The van der Waals surface area contributed by atoms with E-state index in [4.69, 9.17) is 0 Å². The standard InChI is InChI=1S/C17H23NO/c1-18(2)11-17-14-7-6-12(8-14)9-16(17)13-4-3-5-15(19)10-13/h3-5,10,12,14,19H,6-9,11H2,1-2H3/t12-,14-/m0/s1. The summed E-state index contributed by atoms with van der Waals surface area (Å²) in [6, 6.07) is 7.79. The molecule has 1 aromatic carbocycles. The lowest BCUT2D eigenvalue weighted by atomic mass is 9.80. The lowest BCUT2D eigenvalue weighted by molar-refractivity contribution is 0.407. The molecule has 0 spiro atoms. The van der Waals surface area contributed by atoms with Crippen LogP contribution in [-0.2, 0) is 0 Å². The van der Waals surface area contributed by atoms with Gasteiger partial charge in [-0.25, -0.2) is 0 Å². The number of hydrogen-bond acceptors (Lipinski definition) is 2. The number of fused-ring (bicyclic) bond motifs is 2. The van der Waals surface area contributed by atoms with Crippen LogP contribution in [0.5, 0.6) is 5.75 Å².